The van der Waals surface area contributed by atoms with Crippen molar-refractivity contribution in [2.45, 2.75) is 13.1 Å². The molecular formula is C15H17ClN2OS. The van der Waals surface area contributed by atoms with E-state index in [9.17, 15) is 4.79 Å². The van der Waals surface area contributed by atoms with Crippen LogP contribution in [0.3, 0.4) is 0 Å². The number of carbonyl (C=O) groups is 1. The van der Waals surface area contributed by atoms with Gasteiger partial charge in [0.2, 0.25) is 5.91 Å². The van der Waals surface area contributed by atoms with Crippen molar-refractivity contribution in [1.29, 1.82) is 0 Å². The summed E-state index contributed by atoms with van der Waals surface area (Å²) in [6.45, 7) is 1.71. The molecule has 0 saturated carbocycles. The van der Waals surface area contributed by atoms with Crippen LogP contribution in [-0.2, 0) is 17.9 Å². The Bertz CT molecular complexity index is 540. The van der Waals surface area contributed by atoms with E-state index in [0.717, 1.165) is 17.1 Å². The second-order valence-electron chi connectivity index (χ2n) is 4.65. The molecule has 106 valence electrons. The van der Waals surface area contributed by atoms with Gasteiger partial charge in [0.15, 0.2) is 0 Å². The number of thiophene rings is 1. The SMILES string of the molecule is CN(CC(=O)NCc1cccs1)Cc1ccc(Cl)cc1. The third-order valence-electron chi connectivity index (χ3n) is 2.82. The zero-order valence-corrected chi connectivity index (χ0v) is 12.9. The summed E-state index contributed by atoms with van der Waals surface area (Å²) >= 11 is 7.49. The first-order valence-electron chi connectivity index (χ1n) is 6.35. The Kier molecular flexibility index (Phi) is 5.59. The van der Waals surface area contributed by atoms with E-state index in [1.54, 1.807) is 11.3 Å². The zero-order chi connectivity index (χ0) is 14.4. The maximum Gasteiger partial charge on any atom is 0.234 e. The summed E-state index contributed by atoms with van der Waals surface area (Å²) in [6.07, 6.45) is 0. The molecule has 1 aromatic carbocycles. The number of likely N-dealkylation sites (N-methyl/N-ethyl adjacent to an activating group) is 1. The van der Waals surface area contributed by atoms with Crippen LogP contribution in [0.25, 0.3) is 0 Å². The third-order valence-corrected chi connectivity index (χ3v) is 3.95. The van der Waals surface area contributed by atoms with Gasteiger partial charge in [-0.2, -0.15) is 0 Å². The molecule has 1 heterocycles. The van der Waals surface area contributed by atoms with E-state index in [0.29, 0.717) is 13.1 Å². The van der Waals surface area contributed by atoms with Crippen LogP contribution in [0, 0.1) is 0 Å². The Morgan fingerprint density at radius 2 is 2.05 bits per heavy atom. The summed E-state index contributed by atoms with van der Waals surface area (Å²) in [5.41, 5.74) is 1.14. The number of amides is 1. The Labute approximate surface area is 128 Å². The highest BCUT2D eigenvalue weighted by atomic mass is 35.5. The first-order valence-corrected chi connectivity index (χ1v) is 7.61. The lowest BCUT2D eigenvalue weighted by atomic mass is 10.2. The minimum absolute atomic E-state index is 0.0369. The molecule has 0 radical (unpaired) electrons. The molecule has 1 amide bonds. The van der Waals surface area contributed by atoms with Gasteiger partial charge >= 0.3 is 0 Å². The quantitative estimate of drug-likeness (QED) is 0.889. The number of benzene rings is 1. The van der Waals surface area contributed by atoms with Crippen molar-refractivity contribution < 1.29 is 4.79 Å². The van der Waals surface area contributed by atoms with Crippen LogP contribution in [0.15, 0.2) is 41.8 Å². The largest absolute Gasteiger partial charge is 0.350 e. The van der Waals surface area contributed by atoms with Crippen LogP contribution < -0.4 is 5.32 Å². The number of nitrogens with zero attached hydrogens (tertiary/aromatic N) is 1. The van der Waals surface area contributed by atoms with E-state index in [1.165, 1.54) is 4.88 Å². The molecule has 1 N–H and O–H groups in total. The second kappa shape index (κ2) is 7.43. The highest BCUT2D eigenvalue weighted by molar-refractivity contribution is 7.09. The summed E-state index contributed by atoms with van der Waals surface area (Å²) < 4.78 is 0. The van der Waals surface area contributed by atoms with Gasteiger partial charge in [-0.05, 0) is 36.2 Å². The molecule has 0 bridgehead atoms. The summed E-state index contributed by atoms with van der Waals surface area (Å²) in [7, 11) is 1.93. The molecule has 2 aromatic rings. The molecule has 3 nitrogen and oxygen atoms in total. The molecule has 0 fully saturated rings. The van der Waals surface area contributed by atoms with E-state index in [2.05, 4.69) is 5.32 Å². The van der Waals surface area contributed by atoms with Gasteiger partial charge in [0.05, 0.1) is 13.1 Å². The standard InChI is InChI=1S/C15H17ClN2OS/c1-18(10-12-4-6-13(16)7-5-12)11-15(19)17-9-14-3-2-8-20-14/h2-8H,9-11H2,1H3,(H,17,19). The first-order chi connectivity index (χ1) is 9.63. The highest BCUT2D eigenvalue weighted by Crippen LogP contribution is 2.11. The first kappa shape index (κ1) is 15.0. The fraction of sp³-hybridized carbons (Fsp3) is 0.267. The Morgan fingerprint density at radius 3 is 2.70 bits per heavy atom. The van der Waals surface area contributed by atoms with Crippen molar-refractivity contribution in [3.05, 3.63) is 57.2 Å². The van der Waals surface area contributed by atoms with Gasteiger partial charge in [0.1, 0.15) is 0 Å². The molecule has 0 aliphatic rings. The summed E-state index contributed by atoms with van der Waals surface area (Å²) in [5, 5.41) is 5.65. The van der Waals surface area contributed by atoms with Crippen molar-refractivity contribution in [1.82, 2.24) is 10.2 Å². The number of nitrogens with one attached hydrogen (secondary N) is 1. The van der Waals surface area contributed by atoms with E-state index >= 15 is 0 Å². The Hall–Kier alpha value is -1.36. The number of carbonyl (C=O) groups excluding carboxylic acids is 1. The number of rotatable bonds is 6. The zero-order valence-electron chi connectivity index (χ0n) is 11.3. The predicted molar refractivity (Wildman–Crippen MR) is 84.0 cm³/mol. The maximum absolute atomic E-state index is 11.8. The van der Waals surface area contributed by atoms with Crippen molar-refractivity contribution in [3.8, 4) is 0 Å². The van der Waals surface area contributed by atoms with Crippen LogP contribution in [-0.4, -0.2) is 24.4 Å². The monoisotopic (exact) mass is 308 g/mol. The number of halogens is 1. The summed E-state index contributed by atoms with van der Waals surface area (Å²) in [6, 6.07) is 11.7. The Balaban J connectivity index is 1.74. The minimum Gasteiger partial charge on any atom is -0.350 e. The molecule has 20 heavy (non-hydrogen) atoms. The molecule has 0 aliphatic carbocycles. The lowest BCUT2D eigenvalue weighted by Gasteiger charge is -2.16. The lowest BCUT2D eigenvalue weighted by Crippen LogP contribution is -2.34. The van der Waals surface area contributed by atoms with Crippen LogP contribution in [0.4, 0.5) is 0 Å². The van der Waals surface area contributed by atoms with Gasteiger partial charge in [-0.25, -0.2) is 0 Å². The predicted octanol–water partition coefficient (Wildman–Crippen LogP) is 3.15. The van der Waals surface area contributed by atoms with E-state index < -0.39 is 0 Å². The van der Waals surface area contributed by atoms with E-state index in [-0.39, 0.29) is 5.91 Å². The van der Waals surface area contributed by atoms with Gasteiger partial charge in [0.25, 0.3) is 0 Å². The van der Waals surface area contributed by atoms with Gasteiger partial charge in [-0.1, -0.05) is 29.8 Å². The molecule has 2 rings (SSSR count). The fourth-order valence-electron chi connectivity index (χ4n) is 1.86. The molecule has 0 unspecified atom stereocenters. The van der Waals surface area contributed by atoms with Gasteiger partial charge in [-0.3, -0.25) is 9.69 Å². The molecule has 0 spiro atoms. The summed E-state index contributed by atoms with van der Waals surface area (Å²) in [5.74, 6) is 0.0369. The van der Waals surface area contributed by atoms with E-state index in [4.69, 9.17) is 11.6 Å². The van der Waals surface area contributed by atoms with Crippen LogP contribution in [0.5, 0.6) is 0 Å². The molecule has 1 aromatic heterocycles. The van der Waals surface area contributed by atoms with Gasteiger partial charge < -0.3 is 5.32 Å². The van der Waals surface area contributed by atoms with Crippen molar-refractivity contribution in [3.63, 3.8) is 0 Å². The highest BCUT2D eigenvalue weighted by Gasteiger charge is 2.07. The van der Waals surface area contributed by atoms with Gasteiger partial charge in [-0.15, -0.1) is 11.3 Å². The normalized spacial score (nSPS) is 10.8. The van der Waals surface area contributed by atoms with Gasteiger partial charge in [0, 0.05) is 16.4 Å². The second-order valence-corrected chi connectivity index (χ2v) is 6.12. The Morgan fingerprint density at radius 1 is 1.30 bits per heavy atom. The summed E-state index contributed by atoms with van der Waals surface area (Å²) in [4.78, 5) is 15.0. The third kappa shape index (κ3) is 4.96. The van der Waals surface area contributed by atoms with Crippen molar-refractivity contribution in [2.24, 2.45) is 0 Å². The molecule has 0 aliphatic heterocycles. The average molecular weight is 309 g/mol. The number of hydrogen-bond acceptors (Lipinski definition) is 3. The molecule has 5 heteroatoms. The fourth-order valence-corrected chi connectivity index (χ4v) is 2.63. The lowest BCUT2D eigenvalue weighted by molar-refractivity contribution is -0.122. The van der Waals surface area contributed by atoms with Crippen LogP contribution in [0.1, 0.15) is 10.4 Å². The van der Waals surface area contributed by atoms with Crippen molar-refractivity contribution >= 4 is 28.8 Å². The van der Waals surface area contributed by atoms with Crippen molar-refractivity contribution in [2.75, 3.05) is 13.6 Å². The average Bonchev–Trinajstić information content (AvgIpc) is 2.92. The molecule has 0 atom stereocenters. The maximum atomic E-state index is 11.8. The minimum atomic E-state index is 0.0369. The molecule has 0 saturated heterocycles. The van der Waals surface area contributed by atoms with Crippen LogP contribution >= 0.6 is 22.9 Å². The molecular weight excluding hydrogens is 292 g/mol. The smallest absolute Gasteiger partial charge is 0.234 e. The van der Waals surface area contributed by atoms with E-state index in [1.807, 2.05) is 53.7 Å². The number of hydrogen-bond donors (Lipinski definition) is 1. The topological polar surface area (TPSA) is 32.3 Å². The van der Waals surface area contributed by atoms with Crippen LogP contribution in [0.2, 0.25) is 5.02 Å².